The summed E-state index contributed by atoms with van der Waals surface area (Å²) in [5.41, 5.74) is -0.265. The zero-order chi connectivity index (χ0) is 15.0. The van der Waals surface area contributed by atoms with Crippen LogP contribution in [0, 0.1) is 6.57 Å². The molecular formula is C15H18N4O2. The predicted molar refractivity (Wildman–Crippen MR) is 76.3 cm³/mol. The van der Waals surface area contributed by atoms with E-state index in [0.29, 0.717) is 25.3 Å². The van der Waals surface area contributed by atoms with Gasteiger partial charge in [-0.05, 0) is 26.0 Å². The highest BCUT2D eigenvalue weighted by atomic mass is 16.5. The van der Waals surface area contributed by atoms with Gasteiger partial charge >= 0.3 is 0 Å². The Balaban J connectivity index is 1.97. The van der Waals surface area contributed by atoms with Crippen molar-refractivity contribution in [2.24, 2.45) is 0 Å². The van der Waals surface area contributed by atoms with Crippen LogP contribution in [0.2, 0.25) is 0 Å². The van der Waals surface area contributed by atoms with E-state index in [0.717, 1.165) is 5.69 Å². The first-order chi connectivity index (χ1) is 10.1. The van der Waals surface area contributed by atoms with Crippen molar-refractivity contribution < 1.29 is 9.53 Å². The van der Waals surface area contributed by atoms with Crippen molar-refractivity contribution in [1.82, 2.24) is 15.2 Å². The van der Waals surface area contributed by atoms with Gasteiger partial charge in [0.05, 0.1) is 19.5 Å². The molecule has 0 bridgehead atoms. The molecule has 6 heteroatoms. The first-order valence-corrected chi connectivity index (χ1v) is 7.09. The molecular weight excluding hydrogens is 268 g/mol. The number of hydrogen-bond donors (Lipinski definition) is 1. The number of aromatic nitrogens is 1. The van der Waals surface area contributed by atoms with Gasteiger partial charge in [0, 0.05) is 12.2 Å². The third-order valence-electron chi connectivity index (χ3n) is 4.13. The summed E-state index contributed by atoms with van der Waals surface area (Å²) >= 11 is 0. The summed E-state index contributed by atoms with van der Waals surface area (Å²) in [7, 11) is 0. The fraction of sp³-hybridized carbons (Fsp3) is 0.533. The molecule has 1 N–H and O–H groups in total. The number of likely N-dealkylation sites (tertiary alicyclic amines) is 1. The number of hydrogen-bond acceptors (Lipinski definition) is 4. The van der Waals surface area contributed by atoms with E-state index in [-0.39, 0.29) is 18.1 Å². The molecule has 1 aromatic heterocycles. The standard InChI is InChI=1S/C15H18N4O2/c1-10(2)19-9-15(7-13(19)16-3)14(20)18-8-11-12(21-15)5-4-6-17-11/h4-6,10,13H,7-9H2,1-2H3,(H,18,20)/t13-,15+/m0/s1. The van der Waals surface area contributed by atoms with E-state index >= 15 is 0 Å². The van der Waals surface area contributed by atoms with Gasteiger partial charge < -0.3 is 10.1 Å². The lowest BCUT2D eigenvalue weighted by atomic mass is 10.0. The Morgan fingerprint density at radius 2 is 2.43 bits per heavy atom. The molecule has 2 aliphatic heterocycles. The van der Waals surface area contributed by atoms with Gasteiger partial charge in [-0.1, -0.05) is 0 Å². The highest BCUT2D eigenvalue weighted by molar-refractivity contribution is 5.87. The lowest BCUT2D eigenvalue weighted by Gasteiger charge is -2.27. The Morgan fingerprint density at radius 1 is 1.62 bits per heavy atom. The Hall–Kier alpha value is -2.13. The molecule has 1 saturated heterocycles. The Kier molecular flexibility index (Phi) is 3.30. The minimum absolute atomic E-state index is 0.155. The van der Waals surface area contributed by atoms with E-state index in [1.165, 1.54) is 0 Å². The van der Waals surface area contributed by atoms with Crippen molar-refractivity contribution in [3.8, 4) is 5.75 Å². The molecule has 0 aromatic carbocycles. The highest BCUT2D eigenvalue weighted by Crippen LogP contribution is 2.36. The van der Waals surface area contributed by atoms with Crippen molar-refractivity contribution in [1.29, 1.82) is 0 Å². The lowest BCUT2D eigenvalue weighted by Crippen LogP contribution is -2.52. The third kappa shape index (κ3) is 2.24. The molecule has 2 atom stereocenters. The molecule has 110 valence electrons. The number of carbonyl (C=O) groups is 1. The van der Waals surface area contributed by atoms with Gasteiger partial charge in [-0.3, -0.25) is 14.6 Å². The van der Waals surface area contributed by atoms with Gasteiger partial charge in [0.2, 0.25) is 5.60 Å². The van der Waals surface area contributed by atoms with E-state index in [1.54, 1.807) is 12.3 Å². The van der Waals surface area contributed by atoms with E-state index in [4.69, 9.17) is 11.3 Å². The second-order valence-electron chi connectivity index (χ2n) is 5.81. The number of carbonyl (C=O) groups excluding carboxylic acids is 1. The van der Waals surface area contributed by atoms with Crippen LogP contribution in [0.25, 0.3) is 4.85 Å². The molecule has 1 spiro atoms. The van der Waals surface area contributed by atoms with Gasteiger partial charge in [-0.25, -0.2) is 11.5 Å². The van der Waals surface area contributed by atoms with Gasteiger partial charge in [0.15, 0.2) is 0 Å². The van der Waals surface area contributed by atoms with Crippen molar-refractivity contribution in [2.45, 2.75) is 44.6 Å². The fourth-order valence-corrected chi connectivity index (χ4v) is 2.99. The van der Waals surface area contributed by atoms with Crippen molar-refractivity contribution in [3.63, 3.8) is 0 Å². The summed E-state index contributed by atoms with van der Waals surface area (Å²) < 4.78 is 6.07. The predicted octanol–water partition coefficient (Wildman–Crippen LogP) is 1.19. The number of nitrogens with zero attached hydrogens (tertiary/aromatic N) is 3. The summed E-state index contributed by atoms with van der Waals surface area (Å²) in [6.45, 7) is 12.2. The van der Waals surface area contributed by atoms with Crippen LogP contribution in [-0.4, -0.2) is 40.1 Å². The van der Waals surface area contributed by atoms with E-state index in [2.05, 4.69) is 15.1 Å². The smallest absolute Gasteiger partial charge is 0.284 e. The molecule has 1 fully saturated rings. The van der Waals surface area contributed by atoms with Crippen LogP contribution in [0.4, 0.5) is 0 Å². The number of rotatable bonds is 1. The maximum absolute atomic E-state index is 12.5. The minimum Gasteiger partial charge on any atom is -0.474 e. The number of nitrogens with one attached hydrogen (secondary N) is 1. The second-order valence-corrected chi connectivity index (χ2v) is 5.81. The SMILES string of the molecule is [C-]#[N+][C@@H]1C[C@]2(CN1C(C)C)Oc1cccnc1CNC2=O. The molecule has 0 saturated carbocycles. The Bertz CT molecular complexity index is 610. The molecule has 3 heterocycles. The lowest BCUT2D eigenvalue weighted by molar-refractivity contribution is -0.135. The van der Waals surface area contributed by atoms with Crippen LogP contribution >= 0.6 is 0 Å². The van der Waals surface area contributed by atoms with Crippen LogP contribution in [0.3, 0.4) is 0 Å². The van der Waals surface area contributed by atoms with Crippen molar-refractivity contribution in [3.05, 3.63) is 35.4 Å². The summed E-state index contributed by atoms with van der Waals surface area (Å²) in [6, 6.07) is 3.82. The van der Waals surface area contributed by atoms with E-state index in [9.17, 15) is 4.79 Å². The minimum atomic E-state index is -0.992. The summed E-state index contributed by atoms with van der Waals surface area (Å²) in [6.07, 6.45) is 1.74. The van der Waals surface area contributed by atoms with Crippen LogP contribution in [-0.2, 0) is 11.3 Å². The van der Waals surface area contributed by atoms with Gasteiger partial charge in [0.1, 0.15) is 11.4 Å². The molecule has 0 aliphatic carbocycles. The molecule has 2 aliphatic rings. The molecule has 1 aromatic rings. The Morgan fingerprint density at radius 3 is 3.10 bits per heavy atom. The van der Waals surface area contributed by atoms with Crippen LogP contribution in [0.15, 0.2) is 18.3 Å². The van der Waals surface area contributed by atoms with Crippen LogP contribution < -0.4 is 10.1 Å². The van der Waals surface area contributed by atoms with Gasteiger partial charge in [0.25, 0.3) is 12.1 Å². The first-order valence-electron chi connectivity index (χ1n) is 7.09. The van der Waals surface area contributed by atoms with E-state index in [1.807, 2.05) is 24.8 Å². The normalized spacial score (nSPS) is 28.7. The number of fused-ring (bicyclic) bond motifs is 1. The van der Waals surface area contributed by atoms with Gasteiger partial charge in [-0.15, -0.1) is 0 Å². The van der Waals surface area contributed by atoms with Crippen molar-refractivity contribution >= 4 is 5.91 Å². The molecule has 3 rings (SSSR count). The quantitative estimate of drug-likeness (QED) is 0.788. The highest BCUT2D eigenvalue weighted by Gasteiger charge is 2.56. The molecule has 0 radical (unpaired) electrons. The number of amides is 1. The maximum Gasteiger partial charge on any atom is 0.284 e. The Labute approximate surface area is 123 Å². The summed E-state index contributed by atoms with van der Waals surface area (Å²) in [5.74, 6) is 0.475. The molecule has 6 nitrogen and oxygen atoms in total. The third-order valence-corrected chi connectivity index (χ3v) is 4.13. The van der Waals surface area contributed by atoms with Crippen LogP contribution in [0.1, 0.15) is 26.0 Å². The van der Waals surface area contributed by atoms with E-state index < -0.39 is 5.60 Å². The summed E-state index contributed by atoms with van der Waals surface area (Å²) in [5, 5.41) is 2.88. The maximum atomic E-state index is 12.5. The van der Waals surface area contributed by atoms with Crippen LogP contribution in [0.5, 0.6) is 5.75 Å². The number of pyridine rings is 1. The second kappa shape index (κ2) is 5.01. The first kappa shape index (κ1) is 13.8. The molecule has 21 heavy (non-hydrogen) atoms. The zero-order valence-corrected chi connectivity index (χ0v) is 12.2. The largest absolute Gasteiger partial charge is 0.474 e. The zero-order valence-electron chi connectivity index (χ0n) is 12.2. The topological polar surface area (TPSA) is 58.8 Å². The average Bonchev–Trinajstić information content (AvgIpc) is 2.79. The summed E-state index contributed by atoms with van der Waals surface area (Å²) in [4.78, 5) is 22.5. The monoisotopic (exact) mass is 286 g/mol. The molecule has 1 amide bonds. The molecule has 0 unspecified atom stereocenters. The number of ether oxygens (including phenoxy) is 1. The van der Waals surface area contributed by atoms with Gasteiger partial charge in [-0.2, -0.15) is 0 Å². The fourth-order valence-electron chi connectivity index (χ4n) is 2.99. The average molecular weight is 286 g/mol. The van der Waals surface area contributed by atoms with Crippen molar-refractivity contribution in [2.75, 3.05) is 6.54 Å².